The normalized spacial score (nSPS) is 20.2. The number of esters is 1. The number of piperidine rings is 1. The molecule has 0 spiro atoms. The molecule has 25 heavy (non-hydrogen) atoms. The van der Waals surface area contributed by atoms with E-state index in [-0.39, 0.29) is 19.1 Å². The largest absolute Gasteiger partial charge is 0.455 e. The summed E-state index contributed by atoms with van der Waals surface area (Å²) in [5.74, 6) is -1.66. The maximum atomic E-state index is 12.0. The quantitative estimate of drug-likeness (QED) is 0.651. The number of carbonyl (C=O) groups excluding carboxylic acids is 3. The number of sulfonamides is 1. The van der Waals surface area contributed by atoms with Crippen molar-refractivity contribution in [2.45, 2.75) is 44.6 Å². The molecule has 0 unspecified atom stereocenters. The van der Waals surface area contributed by atoms with Crippen LogP contribution in [0.4, 0.5) is 4.79 Å². The van der Waals surface area contributed by atoms with Crippen LogP contribution in [0.15, 0.2) is 0 Å². The number of amides is 3. The van der Waals surface area contributed by atoms with Gasteiger partial charge in [-0.05, 0) is 25.7 Å². The molecule has 0 aromatic rings. The lowest BCUT2D eigenvalue weighted by atomic mass is 9.98. The molecule has 142 valence electrons. The molecule has 0 aromatic heterocycles. The van der Waals surface area contributed by atoms with Crippen molar-refractivity contribution in [3.8, 4) is 0 Å². The second kappa shape index (κ2) is 8.61. The number of rotatable bonds is 5. The highest BCUT2D eigenvalue weighted by Crippen LogP contribution is 2.20. The highest BCUT2D eigenvalue weighted by Gasteiger charge is 2.30. The first-order valence-electron chi connectivity index (χ1n) is 8.48. The van der Waals surface area contributed by atoms with Gasteiger partial charge in [0, 0.05) is 19.1 Å². The Hall–Kier alpha value is -1.68. The topological polar surface area (TPSA) is 122 Å². The second-order valence-electron chi connectivity index (χ2n) is 6.55. The van der Waals surface area contributed by atoms with Crippen LogP contribution in [-0.2, 0) is 24.3 Å². The summed E-state index contributed by atoms with van der Waals surface area (Å²) in [5, 5.41) is 4.84. The molecule has 3 amide bonds. The summed E-state index contributed by atoms with van der Waals surface area (Å²) in [6.07, 6.45) is 5.78. The molecule has 2 aliphatic rings. The van der Waals surface area contributed by atoms with E-state index in [1.165, 1.54) is 4.31 Å². The first-order chi connectivity index (χ1) is 11.8. The van der Waals surface area contributed by atoms with Crippen molar-refractivity contribution in [1.82, 2.24) is 14.9 Å². The summed E-state index contributed by atoms with van der Waals surface area (Å²) in [6, 6.07) is -0.482. The molecule has 2 fully saturated rings. The van der Waals surface area contributed by atoms with Crippen molar-refractivity contribution in [2.75, 3.05) is 26.0 Å². The molecule has 1 saturated carbocycles. The molecule has 1 aliphatic carbocycles. The maximum Gasteiger partial charge on any atom is 0.321 e. The van der Waals surface area contributed by atoms with Gasteiger partial charge in [-0.3, -0.25) is 14.9 Å². The van der Waals surface area contributed by atoms with Crippen LogP contribution in [0, 0.1) is 5.92 Å². The van der Waals surface area contributed by atoms with Gasteiger partial charge in [-0.2, -0.15) is 0 Å². The van der Waals surface area contributed by atoms with E-state index in [1.807, 2.05) is 0 Å². The van der Waals surface area contributed by atoms with Crippen molar-refractivity contribution < 1.29 is 27.5 Å². The van der Waals surface area contributed by atoms with Gasteiger partial charge in [0.05, 0.1) is 12.2 Å². The Labute approximate surface area is 147 Å². The van der Waals surface area contributed by atoms with E-state index in [9.17, 15) is 22.8 Å². The first kappa shape index (κ1) is 19.6. The minimum absolute atomic E-state index is 0.0929. The Bertz CT molecular complexity index is 607. The summed E-state index contributed by atoms with van der Waals surface area (Å²) in [4.78, 5) is 35.3. The minimum atomic E-state index is -3.25. The van der Waals surface area contributed by atoms with Gasteiger partial charge in [0.1, 0.15) is 0 Å². The summed E-state index contributed by atoms with van der Waals surface area (Å²) < 4.78 is 29.1. The average Bonchev–Trinajstić information content (AvgIpc) is 3.04. The van der Waals surface area contributed by atoms with Gasteiger partial charge < -0.3 is 10.1 Å². The number of imide groups is 1. The Morgan fingerprint density at radius 2 is 1.68 bits per heavy atom. The summed E-state index contributed by atoms with van der Waals surface area (Å²) in [7, 11) is -3.25. The molecule has 9 nitrogen and oxygen atoms in total. The Kier molecular flexibility index (Phi) is 6.77. The zero-order valence-corrected chi connectivity index (χ0v) is 15.1. The highest BCUT2D eigenvalue weighted by atomic mass is 32.2. The number of nitrogens with zero attached hydrogens (tertiary/aromatic N) is 1. The molecule has 1 aliphatic heterocycles. The van der Waals surface area contributed by atoms with Crippen molar-refractivity contribution in [1.29, 1.82) is 0 Å². The molecule has 0 radical (unpaired) electrons. The highest BCUT2D eigenvalue weighted by molar-refractivity contribution is 7.88. The lowest BCUT2D eigenvalue weighted by Gasteiger charge is -2.28. The summed E-state index contributed by atoms with van der Waals surface area (Å²) >= 11 is 0. The molecule has 1 saturated heterocycles. The Morgan fingerprint density at radius 1 is 1.08 bits per heavy atom. The summed E-state index contributed by atoms with van der Waals surface area (Å²) in [5.41, 5.74) is 0. The molecule has 0 atom stereocenters. The van der Waals surface area contributed by atoms with Crippen molar-refractivity contribution in [3.63, 3.8) is 0 Å². The fourth-order valence-corrected chi connectivity index (χ4v) is 4.01. The minimum Gasteiger partial charge on any atom is -0.455 e. The third kappa shape index (κ3) is 6.28. The van der Waals surface area contributed by atoms with Gasteiger partial charge in [0.25, 0.3) is 5.91 Å². The van der Waals surface area contributed by atoms with Gasteiger partial charge >= 0.3 is 12.0 Å². The zero-order chi connectivity index (χ0) is 18.4. The van der Waals surface area contributed by atoms with Crippen molar-refractivity contribution in [2.24, 2.45) is 5.92 Å². The van der Waals surface area contributed by atoms with E-state index in [0.29, 0.717) is 12.8 Å². The lowest BCUT2D eigenvalue weighted by Crippen LogP contribution is -2.45. The van der Waals surface area contributed by atoms with Gasteiger partial charge in [0.15, 0.2) is 6.61 Å². The van der Waals surface area contributed by atoms with E-state index in [0.717, 1.165) is 31.9 Å². The SMILES string of the molecule is CS(=O)(=O)N1CCC(C(=O)OCC(=O)NC(=O)NC2CCCC2)CC1. The molecule has 2 N–H and O–H groups in total. The van der Waals surface area contributed by atoms with Crippen LogP contribution in [0.2, 0.25) is 0 Å². The molecular formula is C15H25N3O6S. The predicted molar refractivity (Wildman–Crippen MR) is 89.0 cm³/mol. The second-order valence-corrected chi connectivity index (χ2v) is 8.53. The van der Waals surface area contributed by atoms with Crippen LogP contribution in [0.5, 0.6) is 0 Å². The van der Waals surface area contributed by atoms with Crippen molar-refractivity contribution in [3.05, 3.63) is 0 Å². The zero-order valence-electron chi connectivity index (χ0n) is 14.3. The van der Waals surface area contributed by atoms with Gasteiger partial charge in [-0.15, -0.1) is 0 Å². The smallest absolute Gasteiger partial charge is 0.321 e. The monoisotopic (exact) mass is 375 g/mol. The van der Waals surface area contributed by atoms with Crippen molar-refractivity contribution >= 4 is 27.9 Å². The van der Waals surface area contributed by atoms with Gasteiger partial charge in [-0.1, -0.05) is 12.8 Å². The number of hydrogen-bond donors (Lipinski definition) is 2. The lowest BCUT2D eigenvalue weighted by molar-refractivity contribution is -0.153. The number of ether oxygens (including phenoxy) is 1. The fraction of sp³-hybridized carbons (Fsp3) is 0.800. The van der Waals surface area contributed by atoms with Gasteiger partial charge in [-0.25, -0.2) is 17.5 Å². The summed E-state index contributed by atoms with van der Waals surface area (Å²) in [6.45, 7) is -0.00755. The standard InChI is InChI=1S/C15H25N3O6S/c1-25(22,23)18-8-6-11(7-9-18)14(20)24-10-13(19)17-15(21)16-12-4-2-3-5-12/h11-12H,2-10H2,1H3,(H2,16,17,19,21). The molecule has 2 rings (SSSR count). The first-order valence-corrected chi connectivity index (χ1v) is 10.3. The van der Waals surface area contributed by atoms with Crippen LogP contribution >= 0.6 is 0 Å². The maximum absolute atomic E-state index is 12.0. The third-order valence-electron chi connectivity index (χ3n) is 4.55. The van der Waals surface area contributed by atoms with Gasteiger partial charge in [0.2, 0.25) is 10.0 Å². The molecule has 10 heteroatoms. The molecular weight excluding hydrogens is 350 g/mol. The van der Waals surface area contributed by atoms with E-state index in [2.05, 4.69) is 10.6 Å². The Balaban J connectivity index is 1.65. The number of carbonyl (C=O) groups is 3. The number of nitrogens with one attached hydrogen (secondary N) is 2. The van der Waals surface area contributed by atoms with Crippen LogP contribution in [0.3, 0.4) is 0 Å². The van der Waals surface area contributed by atoms with Crippen LogP contribution in [0.1, 0.15) is 38.5 Å². The Morgan fingerprint density at radius 3 is 2.24 bits per heavy atom. The van der Waals surface area contributed by atoms with Crippen LogP contribution < -0.4 is 10.6 Å². The van der Waals surface area contributed by atoms with Crippen LogP contribution in [0.25, 0.3) is 0 Å². The fourth-order valence-electron chi connectivity index (χ4n) is 3.13. The number of urea groups is 1. The van der Waals surface area contributed by atoms with E-state index in [4.69, 9.17) is 4.74 Å². The van der Waals surface area contributed by atoms with E-state index >= 15 is 0 Å². The predicted octanol–water partition coefficient (Wildman–Crippen LogP) is -0.0304. The molecule has 1 heterocycles. The number of hydrogen-bond acceptors (Lipinski definition) is 6. The third-order valence-corrected chi connectivity index (χ3v) is 5.85. The van der Waals surface area contributed by atoms with Crippen LogP contribution in [-0.4, -0.2) is 62.6 Å². The average molecular weight is 375 g/mol. The van der Waals surface area contributed by atoms with E-state index in [1.54, 1.807) is 0 Å². The molecule has 0 aromatic carbocycles. The molecule has 0 bridgehead atoms. The van der Waals surface area contributed by atoms with E-state index < -0.39 is 40.5 Å².